The molecule has 2 aromatic heterocycles. The third-order valence-corrected chi connectivity index (χ3v) is 4.71. The lowest BCUT2D eigenvalue weighted by Gasteiger charge is -2.12. The summed E-state index contributed by atoms with van der Waals surface area (Å²) in [5.74, 6) is 0.190. The van der Waals surface area contributed by atoms with Crippen molar-refractivity contribution in [3.8, 4) is 0 Å². The van der Waals surface area contributed by atoms with E-state index in [2.05, 4.69) is 41.5 Å². The number of aromatic nitrogens is 3. The van der Waals surface area contributed by atoms with Crippen LogP contribution in [0.15, 0.2) is 65.4 Å². The smallest absolute Gasteiger partial charge is 0.334 e. The minimum atomic E-state index is -0.504. The van der Waals surface area contributed by atoms with Crippen LogP contribution in [0.5, 0.6) is 0 Å². The van der Waals surface area contributed by atoms with Crippen molar-refractivity contribution in [3.05, 3.63) is 81.2 Å². The summed E-state index contributed by atoms with van der Waals surface area (Å²) in [7, 11) is 0. The Morgan fingerprint density at radius 1 is 1.00 bits per heavy atom. The number of benzene rings is 2. The first-order valence-electron chi connectivity index (χ1n) is 8.66. The minimum absolute atomic E-state index is 0.0931. The molecule has 144 valence electrons. The van der Waals surface area contributed by atoms with Gasteiger partial charge in [-0.05, 0) is 49.4 Å². The van der Waals surface area contributed by atoms with Crippen LogP contribution in [-0.4, -0.2) is 19.9 Å². The number of hydrogen-bond acceptors (Lipinski definition) is 7. The van der Waals surface area contributed by atoms with Gasteiger partial charge < -0.3 is 10.6 Å². The number of nitrogens with one attached hydrogen (secondary N) is 2. The van der Waals surface area contributed by atoms with E-state index in [0.29, 0.717) is 11.4 Å². The van der Waals surface area contributed by atoms with Gasteiger partial charge in [0.2, 0.25) is 11.6 Å². The van der Waals surface area contributed by atoms with Gasteiger partial charge in [0.15, 0.2) is 0 Å². The number of rotatable bonds is 5. The van der Waals surface area contributed by atoms with E-state index in [-0.39, 0.29) is 17.3 Å². The van der Waals surface area contributed by atoms with Gasteiger partial charge in [-0.15, -0.1) is 0 Å². The Morgan fingerprint density at radius 3 is 2.52 bits per heavy atom. The van der Waals surface area contributed by atoms with E-state index in [1.165, 1.54) is 6.33 Å². The molecule has 0 radical (unpaired) electrons. The predicted octanol–water partition coefficient (Wildman–Crippen LogP) is 5.49. The van der Waals surface area contributed by atoms with E-state index in [0.717, 1.165) is 21.1 Å². The molecule has 0 bridgehead atoms. The van der Waals surface area contributed by atoms with E-state index < -0.39 is 4.92 Å². The van der Waals surface area contributed by atoms with Crippen molar-refractivity contribution >= 4 is 55.5 Å². The van der Waals surface area contributed by atoms with Crippen LogP contribution < -0.4 is 10.6 Å². The van der Waals surface area contributed by atoms with Gasteiger partial charge in [0.05, 0.1) is 10.4 Å². The third kappa shape index (κ3) is 3.99. The molecule has 0 saturated heterocycles. The van der Waals surface area contributed by atoms with Gasteiger partial charge in [-0.25, -0.2) is 9.97 Å². The molecule has 8 nitrogen and oxygen atoms in total. The second-order valence-electron chi connectivity index (χ2n) is 6.26. The molecule has 0 saturated carbocycles. The second kappa shape index (κ2) is 7.80. The van der Waals surface area contributed by atoms with Crippen molar-refractivity contribution in [2.24, 2.45) is 0 Å². The number of aryl methyl sites for hydroxylation is 1. The monoisotopic (exact) mass is 450 g/mol. The fourth-order valence-electron chi connectivity index (χ4n) is 2.93. The van der Waals surface area contributed by atoms with Crippen LogP contribution in [-0.2, 0) is 0 Å². The van der Waals surface area contributed by atoms with Crippen LogP contribution in [0.3, 0.4) is 0 Å². The average molecular weight is 451 g/mol. The molecule has 0 amide bonds. The van der Waals surface area contributed by atoms with Crippen LogP contribution >= 0.6 is 15.9 Å². The fourth-order valence-corrected chi connectivity index (χ4v) is 3.33. The van der Waals surface area contributed by atoms with Crippen LogP contribution in [0.1, 0.15) is 5.69 Å². The highest BCUT2D eigenvalue weighted by atomic mass is 79.9. The fraction of sp³-hybridized carbons (Fsp3) is 0.0500. The van der Waals surface area contributed by atoms with Crippen molar-refractivity contribution < 1.29 is 4.92 Å². The number of hydrogen-bond donors (Lipinski definition) is 2. The van der Waals surface area contributed by atoms with Gasteiger partial charge in [-0.1, -0.05) is 28.1 Å². The lowest BCUT2D eigenvalue weighted by Crippen LogP contribution is -2.05. The largest absolute Gasteiger partial charge is 0.353 e. The maximum absolute atomic E-state index is 11.8. The number of fused-ring (bicyclic) bond motifs is 1. The zero-order chi connectivity index (χ0) is 20.4. The molecule has 0 atom stereocenters. The number of nitro groups is 1. The normalized spacial score (nSPS) is 10.7. The Kier molecular flexibility index (Phi) is 5.05. The molecule has 0 aliphatic rings. The molecule has 0 aliphatic heterocycles. The number of pyridine rings is 1. The summed E-state index contributed by atoms with van der Waals surface area (Å²) in [6, 6.07) is 16.7. The Labute approximate surface area is 174 Å². The summed E-state index contributed by atoms with van der Waals surface area (Å²) in [4.78, 5) is 24.0. The standard InChI is InChI=1S/C20H15BrN6O2/c1-12-8-9-15-16(24-12)6-3-7-17(15)26-20-18(27(28)29)19(22-11-23-20)25-14-5-2-4-13(21)10-14/h2-11H,1H3,(H2,22,23,25,26). The molecule has 0 unspecified atom stereocenters. The van der Waals surface area contributed by atoms with Gasteiger partial charge in [-0.2, -0.15) is 0 Å². The SMILES string of the molecule is Cc1ccc2c(Nc3ncnc(Nc4cccc(Br)c4)c3[N+](=O)[O-])cccc2n1. The Hall–Kier alpha value is -3.59. The minimum Gasteiger partial charge on any atom is -0.334 e. The van der Waals surface area contributed by atoms with Crippen molar-refractivity contribution in [2.45, 2.75) is 6.92 Å². The van der Waals surface area contributed by atoms with E-state index >= 15 is 0 Å². The first-order chi connectivity index (χ1) is 14.0. The molecule has 0 aliphatic carbocycles. The summed E-state index contributed by atoms with van der Waals surface area (Å²) < 4.78 is 0.844. The molecule has 9 heteroatoms. The average Bonchev–Trinajstić information content (AvgIpc) is 2.68. The number of nitrogens with zero attached hydrogens (tertiary/aromatic N) is 4. The second-order valence-corrected chi connectivity index (χ2v) is 7.18. The van der Waals surface area contributed by atoms with Crippen LogP contribution in [0.4, 0.5) is 28.7 Å². The summed E-state index contributed by atoms with van der Waals surface area (Å²) >= 11 is 3.38. The number of halogens is 1. The van der Waals surface area contributed by atoms with Crippen molar-refractivity contribution in [1.82, 2.24) is 15.0 Å². The van der Waals surface area contributed by atoms with Gasteiger partial charge >= 0.3 is 5.69 Å². The quantitative estimate of drug-likeness (QED) is 0.305. The third-order valence-electron chi connectivity index (χ3n) is 4.22. The maximum atomic E-state index is 11.8. The van der Waals surface area contributed by atoms with Crippen molar-refractivity contribution in [2.75, 3.05) is 10.6 Å². The first-order valence-corrected chi connectivity index (χ1v) is 9.46. The Morgan fingerprint density at radius 2 is 1.76 bits per heavy atom. The van der Waals surface area contributed by atoms with Crippen LogP contribution in [0.2, 0.25) is 0 Å². The van der Waals surface area contributed by atoms with Crippen molar-refractivity contribution in [3.63, 3.8) is 0 Å². The summed E-state index contributed by atoms with van der Waals surface area (Å²) in [5, 5.41) is 18.7. The van der Waals surface area contributed by atoms with E-state index in [9.17, 15) is 10.1 Å². The summed E-state index contributed by atoms with van der Waals surface area (Å²) in [6.07, 6.45) is 1.28. The first kappa shape index (κ1) is 18.8. The van der Waals surface area contributed by atoms with E-state index in [4.69, 9.17) is 0 Å². The predicted molar refractivity (Wildman–Crippen MR) is 116 cm³/mol. The van der Waals surface area contributed by atoms with Gasteiger partial charge in [0.1, 0.15) is 6.33 Å². The highest BCUT2D eigenvalue weighted by Crippen LogP contribution is 2.35. The summed E-state index contributed by atoms with van der Waals surface area (Å²) in [5.41, 5.74) is 2.77. The Balaban J connectivity index is 1.76. The highest BCUT2D eigenvalue weighted by Gasteiger charge is 2.24. The molecule has 4 aromatic rings. The van der Waals surface area contributed by atoms with Crippen molar-refractivity contribution in [1.29, 1.82) is 0 Å². The Bertz CT molecular complexity index is 1230. The molecule has 2 heterocycles. The molecule has 0 fully saturated rings. The van der Waals surface area contributed by atoms with Crippen LogP contribution in [0, 0.1) is 17.0 Å². The zero-order valence-corrected chi connectivity index (χ0v) is 16.8. The molecular formula is C20H15BrN6O2. The zero-order valence-electron chi connectivity index (χ0n) is 15.3. The molecule has 4 rings (SSSR count). The van der Waals surface area contributed by atoms with E-state index in [1.54, 1.807) is 12.1 Å². The molecule has 0 spiro atoms. The molecule has 2 aromatic carbocycles. The van der Waals surface area contributed by atoms with Gasteiger partial charge in [0, 0.05) is 26.9 Å². The van der Waals surface area contributed by atoms with E-state index in [1.807, 2.05) is 49.4 Å². The lowest BCUT2D eigenvalue weighted by molar-refractivity contribution is -0.383. The highest BCUT2D eigenvalue weighted by molar-refractivity contribution is 9.10. The van der Waals surface area contributed by atoms with Gasteiger partial charge in [0.25, 0.3) is 0 Å². The summed E-state index contributed by atoms with van der Waals surface area (Å²) in [6.45, 7) is 1.91. The molecule has 2 N–H and O–H groups in total. The lowest BCUT2D eigenvalue weighted by atomic mass is 10.1. The van der Waals surface area contributed by atoms with Crippen LogP contribution in [0.25, 0.3) is 10.9 Å². The van der Waals surface area contributed by atoms with Gasteiger partial charge in [-0.3, -0.25) is 15.1 Å². The molecular weight excluding hydrogens is 436 g/mol. The maximum Gasteiger partial charge on any atom is 0.353 e. The number of anilines is 4. The molecule has 29 heavy (non-hydrogen) atoms. The topological polar surface area (TPSA) is 106 Å².